The van der Waals surface area contributed by atoms with Crippen molar-refractivity contribution in [2.24, 2.45) is 0 Å². The molecule has 0 aromatic heterocycles. The summed E-state index contributed by atoms with van der Waals surface area (Å²) in [5.41, 5.74) is 0.0484. The highest BCUT2D eigenvalue weighted by Gasteiger charge is 2.37. The third-order valence-corrected chi connectivity index (χ3v) is 7.95. The van der Waals surface area contributed by atoms with Gasteiger partial charge in [0.25, 0.3) is 0 Å². The van der Waals surface area contributed by atoms with Gasteiger partial charge in [0.15, 0.2) is 0 Å². The van der Waals surface area contributed by atoms with Crippen LogP contribution >= 0.6 is 0 Å². The number of halogens is 3. The third kappa shape index (κ3) is 6.60. The zero-order chi connectivity index (χ0) is 25.8. The van der Waals surface area contributed by atoms with Crippen LogP contribution in [0.5, 0.6) is 0 Å². The van der Waals surface area contributed by atoms with Crippen LogP contribution in [0.25, 0.3) is 0 Å². The topological polar surface area (TPSA) is 93.5 Å². The van der Waals surface area contributed by atoms with Gasteiger partial charge in [0, 0.05) is 30.9 Å². The van der Waals surface area contributed by atoms with Crippen molar-refractivity contribution in [3.63, 3.8) is 0 Å². The number of likely N-dealkylation sites (tertiary alicyclic amines) is 1. The second-order valence-electron chi connectivity index (χ2n) is 8.70. The van der Waals surface area contributed by atoms with Crippen LogP contribution in [0.15, 0.2) is 53.4 Å². The van der Waals surface area contributed by atoms with Crippen molar-refractivity contribution in [1.29, 1.82) is 5.26 Å². The van der Waals surface area contributed by atoms with Crippen LogP contribution < -0.4 is 5.32 Å². The van der Waals surface area contributed by atoms with Gasteiger partial charge in [-0.25, -0.2) is 8.42 Å². The molecule has 3 rings (SSSR count). The molecule has 2 aromatic carbocycles. The van der Waals surface area contributed by atoms with E-state index in [1.165, 1.54) is 10.4 Å². The number of alkyl halides is 3. The van der Waals surface area contributed by atoms with Crippen molar-refractivity contribution >= 4 is 21.6 Å². The molecule has 188 valence electrons. The zero-order valence-corrected chi connectivity index (χ0v) is 20.2. The van der Waals surface area contributed by atoms with Gasteiger partial charge in [-0.1, -0.05) is 6.07 Å². The Morgan fingerprint density at radius 1 is 1.17 bits per heavy atom. The van der Waals surface area contributed by atoms with Gasteiger partial charge >= 0.3 is 6.18 Å². The fourth-order valence-electron chi connectivity index (χ4n) is 4.21. The summed E-state index contributed by atoms with van der Waals surface area (Å²) in [7, 11) is -4.16. The van der Waals surface area contributed by atoms with Gasteiger partial charge in [0.05, 0.1) is 28.6 Å². The van der Waals surface area contributed by atoms with Crippen LogP contribution in [0.4, 0.5) is 18.9 Å². The van der Waals surface area contributed by atoms with Gasteiger partial charge < -0.3 is 5.32 Å². The van der Waals surface area contributed by atoms with Gasteiger partial charge in [-0.2, -0.15) is 22.7 Å². The summed E-state index contributed by atoms with van der Waals surface area (Å²) in [5.74, 6) is -0.231. The zero-order valence-electron chi connectivity index (χ0n) is 19.4. The molecule has 0 atom stereocenters. The molecule has 0 bridgehead atoms. The molecule has 1 heterocycles. The van der Waals surface area contributed by atoms with Crippen molar-refractivity contribution in [3.05, 3.63) is 59.7 Å². The van der Waals surface area contributed by atoms with Gasteiger partial charge in [0.1, 0.15) is 0 Å². The van der Waals surface area contributed by atoms with E-state index < -0.39 is 33.8 Å². The number of anilines is 1. The molecule has 1 aliphatic heterocycles. The maximum absolute atomic E-state index is 13.3. The number of carbonyl (C=O) groups excluding carboxylic acids is 1. The Hall–Kier alpha value is -2.94. The summed E-state index contributed by atoms with van der Waals surface area (Å²) < 4.78 is 67.3. The number of nitrogens with one attached hydrogen (secondary N) is 1. The van der Waals surface area contributed by atoms with Crippen molar-refractivity contribution in [2.75, 3.05) is 25.0 Å². The van der Waals surface area contributed by atoms with Crippen LogP contribution in [0.2, 0.25) is 0 Å². The predicted molar refractivity (Wildman–Crippen MR) is 125 cm³/mol. The average Bonchev–Trinajstić information content (AvgIpc) is 2.80. The highest BCUT2D eigenvalue weighted by molar-refractivity contribution is 7.89. The molecular weight excluding hydrogens is 481 g/mol. The molecule has 0 radical (unpaired) electrons. The second-order valence-corrected chi connectivity index (χ2v) is 10.5. The number of rotatable bonds is 7. The third-order valence-electron chi connectivity index (χ3n) is 5.83. The normalized spacial score (nSPS) is 15.8. The Labute approximate surface area is 203 Å². The maximum atomic E-state index is 13.3. The fraction of sp³-hybridized carbons (Fsp3) is 0.417. The molecule has 1 saturated heterocycles. The number of nitriles is 1. The summed E-state index contributed by atoms with van der Waals surface area (Å²) in [6.07, 6.45) is -3.75. The lowest BCUT2D eigenvalue weighted by Gasteiger charge is -2.39. The number of sulfonamides is 1. The van der Waals surface area contributed by atoms with E-state index in [0.717, 1.165) is 12.1 Å². The second kappa shape index (κ2) is 10.8. The van der Waals surface area contributed by atoms with Crippen molar-refractivity contribution < 1.29 is 26.4 Å². The van der Waals surface area contributed by atoms with Crippen molar-refractivity contribution in [1.82, 2.24) is 9.21 Å². The molecule has 0 saturated carbocycles. The molecule has 0 spiro atoms. The largest absolute Gasteiger partial charge is 0.416 e. The van der Waals surface area contributed by atoms with E-state index >= 15 is 0 Å². The minimum absolute atomic E-state index is 0.120. The van der Waals surface area contributed by atoms with E-state index in [1.807, 2.05) is 11.0 Å². The van der Waals surface area contributed by atoms with Crippen LogP contribution in [-0.2, 0) is 21.0 Å². The summed E-state index contributed by atoms with van der Waals surface area (Å²) in [6, 6.07) is 11.5. The molecule has 0 aliphatic carbocycles. The van der Waals surface area contributed by atoms with Crippen LogP contribution in [0.3, 0.4) is 0 Å². The Morgan fingerprint density at radius 2 is 1.80 bits per heavy atom. The van der Waals surface area contributed by atoms with Gasteiger partial charge in [0.2, 0.25) is 15.9 Å². The summed E-state index contributed by atoms with van der Waals surface area (Å²) in [4.78, 5) is 13.9. The number of hydrogen-bond acceptors (Lipinski definition) is 5. The van der Waals surface area contributed by atoms with Crippen molar-refractivity contribution in [3.8, 4) is 6.07 Å². The van der Waals surface area contributed by atoms with Crippen LogP contribution in [0.1, 0.15) is 37.8 Å². The lowest BCUT2D eigenvalue weighted by molar-refractivity contribution is -0.137. The van der Waals surface area contributed by atoms with Crippen LogP contribution in [-0.4, -0.2) is 55.2 Å². The van der Waals surface area contributed by atoms with Gasteiger partial charge in [-0.15, -0.1) is 0 Å². The van der Waals surface area contributed by atoms with E-state index in [-0.39, 0.29) is 17.3 Å². The van der Waals surface area contributed by atoms with Gasteiger partial charge in [-0.3, -0.25) is 9.69 Å². The number of piperidine rings is 1. The molecular formula is C24H27F3N4O3S. The Bertz CT molecular complexity index is 1180. The summed E-state index contributed by atoms with van der Waals surface area (Å²) >= 11 is 0. The SMILES string of the molecule is CC(C)N(C1CCN(CC(=O)Nc2ccc(C#N)cc2)CC1)S(=O)(=O)c1cccc(C(F)(F)F)c1. The minimum atomic E-state index is -4.64. The Morgan fingerprint density at radius 3 is 2.34 bits per heavy atom. The molecule has 7 nitrogen and oxygen atoms in total. The molecule has 1 amide bonds. The maximum Gasteiger partial charge on any atom is 0.416 e. The number of amides is 1. The number of nitrogens with zero attached hydrogens (tertiary/aromatic N) is 3. The molecule has 11 heteroatoms. The highest BCUT2D eigenvalue weighted by atomic mass is 32.2. The van der Waals surface area contributed by atoms with E-state index in [4.69, 9.17) is 5.26 Å². The Balaban J connectivity index is 1.65. The van der Waals surface area contributed by atoms with E-state index in [2.05, 4.69) is 5.32 Å². The van der Waals surface area contributed by atoms with E-state index in [9.17, 15) is 26.4 Å². The average molecular weight is 509 g/mol. The van der Waals surface area contributed by atoms with E-state index in [1.54, 1.807) is 38.1 Å². The first-order chi connectivity index (χ1) is 16.4. The first kappa shape index (κ1) is 26.7. The lowest BCUT2D eigenvalue weighted by atomic mass is 10.0. The summed E-state index contributed by atoms with van der Waals surface area (Å²) in [5, 5.41) is 11.6. The molecule has 35 heavy (non-hydrogen) atoms. The fourth-order valence-corrected chi connectivity index (χ4v) is 6.14. The molecule has 1 aliphatic rings. The molecule has 0 unspecified atom stereocenters. The van der Waals surface area contributed by atoms with Gasteiger partial charge in [-0.05, 0) is 69.2 Å². The van der Waals surface area contributed by atoms with Crippen LogP contribution in [0, 0.1) is 11.3 Å². The molecule has 1 fully saturated rings. The minimum Gasteiger partial charge on any atom is -0.325 e. The smallest absolute Gasteiger partial charge is 0.325 e. The number of hydrogen-bond donors (Lipinski definition) is 1. The van der Waals surface area contributed by atoms with E-state index in [0.29, 0.717) is 43.2 Å². The quantitative estimate of drug-likeness (QED) is 0.608. The highest BCUT2D eigenvalue weighted by Crippen LogP contribution is 2.33. The lowest BCUT2D eigenvalue weighted by Crippen LogP contribution is -2.51. The molecule has 1 N–H and O–H groups in total. The first-order valence-electron chi connectivity index (χ1n) is 11.1. The summed E-state index contributed by atoms with van der Waals surface area (Å²) in [6.45, 7) is 4.44. The van der Waals surface area contributed by atoms with Crippen molar-refractivity contribution in [2.45, 2.75) is 49.8 Å². The monoisotopic (exact) mass is 508 g/mol. The standard InChI is InChI=1S/C24H27F3N4O3S/c1-17(2)31(35(33,34)22-5-3-4-19(14-22)24(25,26)27)21-10-12-30(13-11-21)16-23(32)29-20-8-6-18(15-28)7-9-20/h3-9,14,17,21H,10-13,16H2,1-2H3,(H,29,32). The number of benzene rings is 2. The predicted octanol–water partition coefficient (Wildman–Crippen LogP) is 4.08. The first-order valence-corrected chi connectivity index (χ1v) is 12.6. The Kier molecular flexibility index (Phi) is 8.20. The molecule has 2 aromatic rings. The number of carbonyl (C=O) groups is 1.